The number of thiophene rings is 1. The van der Waals surface area contributed by atoms with Gasteiger partial charge in [-0.2, -0.15) is 26.3 Å². The zero-order valence-corrected chi connectivity index (χ0v) is 11.2. The minimum Gasteiger partial charge on any atom is -0.464 e. The van der Waals surface area contributed by atoms with Crippen LogP contribution in [0.2, 0.25) is 0 Å². The molecule has 0 saturated heterocycles. The van der Waals surface area contributed by atoms with Crippen molar-refractivity contribution in [3.8, 4) is 6.01 Å². The lowest BCUT2D eigenvalue weighted by Crippen LogP contribution is -2.15. The molecule has 0 aliphatic rings. The number of aliphatic hydroxyl groups is 1. The van der Waals surface area contributed by atoms with Gasteiger partial charge in [-0.15, -0.1) is 0 Å². The van der Waals surface area contributed by atoms with E-state index in [0.29, 0.717) is 6.61 Å². The average molecular weight is 281 g/mol. The van der Waals surface area contributed by atoms with Crippen molar-refractivity contribution in [1.82, 2.24) is 15.0 Å². The molecule has 4 N–H and O–H groups in total. The van der Waals surface area contributed by atoms with E-state index in [1.807, 2.05) is 23.8 Å². The van der Waals surface area contributed by atoms with Crippen LogP contribution < -0.4 is 15.8 Å². The summed E-state index contributed by atoms with van der Waals surface area (Å²) >= 11 is 1.53. The molecule has 0 spiro atoms. The quantitative estimate of drug-likeness (QED) is 0.726. The maximum Gasteiger partial charge on any atom is 0.323 e. The van der Waals surface area contributed by atoms with Crippen LogP contribution in [-0.2, 0) is 0 Å². The molecule has 2 aromatic rings. The fourth-order valence-corrected chi connectivity index (χ4v) is 2.12. The van der Waals surface area contributed by atoms with Crippen LogP contribution in [0, 0.1) is 0 Å². The first-order valence-electron chi connectivity index (χ1n) is 5.77. The second-order valence-electron chi connectivity index (χ2n) is 3.69. The molecule has 0 aliphatic carbocycles. The smallest absolute Gasteiger partial charge is 0.323 e. The van der Waals surface area contributed by atoms with E-state index < -0.39 is 6.10 Å². The summed E-state index contributed by atoms with van der Waals surface area (Å²) in [7, 11) is 0. The molecule has 0 saturated carbocycles. The van der Waals surface area contributed by atoms with Crippen LogP contribution >= 0.6 is 11.3 Å². The first-order chi connectivity index (χ1) is 9.19. The normalized spacial score (nSPS) is 12.1. The Balaban J connectivity index is 1.99. The van der Waals surface area contributed by atoms with Gasteiger partial charge in [0.25, 0.3) is 0 Å². The van der Waals surface area contributed by atoms with Crippen molar-refractivity contribution in [3.05, 3.63) is 22.4 Å². The highest BCUT2D eigenvalue weighted by molar-refractivity contribution is 7.07. The number of aromatic nitrogens is 3. The summed E-state index contributed by atoms with van der Waals surface area (Å²) in [6, 6.07) is 2.03. The molecule has 0 aliphatic heterocycles. The number of nitrogens with one attached hydrogen (secondary N) is 1. The molecule has 8 heteroatoms. The summed E-state index contributed by atoms with van der Waals surface area (Å²) in [6.07, 6.45) is -0.625. The summed E-state index contributed by atoms with van der Waals surface area (Å²) in [5.41, 5.74) is 6.40. The number of nitrogen functional groups attached to an aromatic ring is 1. The van der Waals surface area contributed by atoms with E-state index >= 15 is 0 Å². The second kappa shape index (κ2) is 6.30. The van der Waals surface area contributed by atoms with Crippen LogP contribution in [0.4, 0.5) is 11.9 Å². The van der Waals surface area contributed by atoms with Crippen molar-refractivity contribution in [1.29, 1.82) is 0 Å². The number of nitrogens with zero attached hydrogens (tertiary/aromatic N) is 3. The molecule has 1 unspecified atom stereocenters. The van der Waals surface area contributed by atoms with E-state index in [2.05, 4.69) is 20.3 Å². The van der Waals surface area contributed by atoms with Crippen molar-refractivity contribution in [3.63, 3.8) is 0 Å². The van der Waals surface area contributed by atoms with Crippen LogP contribution in [0.25, 0.3) is 0 Å². The van der Waals surface area contributed by atoms with Crippen molar-refractivity contribution >= 4 is 23.2 Å². The van der Waals surface area contributed by atoms with Crippen LogP contribution in [-0.4, -0.2) is 33.2 Å². The van der Waals surface area contributed by atoms with Crippen molar-refractivity contribution in [2.45, 2.75) is 13.0 Å². The van der Waals surface area contributed by atoms with Gasteiger partial charge in [0, 0.05) is 6.54 Å². The minimum atomic E-state index is -0.625. The molecule has 2 rings (SSSR count). The SMILES string of the molecule is CCOc1nc(N)nc(NCC(O)c2ccsc2)n1. The molecule has 0 radical (unpaired) electrons. The van der Waals surface area contributed by atoms with Gasteiger partial charge in [-0.25, -0.2) is 0 Å². The monoisotopic (exact) mass is 281 g/mol. The highest BCUT2D eigenvalue weighted by Crippen LogP contribution is 2.17. The Morgan fingerprint density at radius 2 is 2.32 bits per heavy atom. The molecule has 2 heterocycles. The lowest BCUT2D eigenvalue weighted by Gasteiger charge is -2.11. The van der Waals surface area contributed by atoms with Crippen LogP contribution in [0.15, 0.2) is 16.8 Å². The third-order valence-electron chi connectivity index (χ3n) is 2.29. The van der Waals surface area contributed by atoms with E-state index in [4.69, 9.17) is 10.5 Å². The number of ether oxygens (including phenoxy) is 1. The predicted octanol–water partition coefficient (Wildman–Crippen LogP) is 1.06. The Morgan fingerprint density at radius 1 is 1.47 bits per heavy atom. The second-order valence-corrected chi connectivity index (χ2v) is 4.47. The lowest BCUT2D eigenvalue weighted by molar-refractivity contribution is 0.192. The maximum atomic E-state index is 9.92. The van der Waals surface area contributed by atoms with Gasteiger partial charge in [0.2, 0.25) is 11.9 Å². The summed E-state index contributed by atoms with van der Waals surface area (Å²) in [5.74, 6) is 0.358. The zero-order chi connectivity index (χ0) is 13.7. The maximum absolute atomic E-state index is 9.92. The molecule has 0 amide bonds. The van der Waals surface area contributed by atoms with E-state index in [0.717, 1.165) is 5.56 Å². The van der Waals surface area contributed by atoms with E-state index in [9.17, 15) is 5.11 Å². The van der Waals surface area contributed by atoms with E-state index in [1.165, 1.54) is 11.3 Å². The molecule has 7 nitrogen and oxygen atoms in total. The third-order valence-corrected chi connectivity index (χ3v) is 2.99. The Bertz CT molecular complexity index is 520. The Kier molecular flexibility index (Phi) is 4.48. The minimum absolute atomic E-state index is 0.0750. The van der Waals surface area contributed by atoms with Gasteiger partial charge >= 0.3 is 6.01 Å². The summed E-state index contributed by atoms with van der Waals surface area (Å²) in [5, 5.41) is 16.6. The topological polar surface area (TPSA) is 106 Å². The fraction of sp³-hybridized carbons (Fsp3) is 0.364. The number of hydrogen-bond donors (Lipinski definition) is 3. The van der Waals surface area contributed by atoms with Gasteiger partial charge in [0.15, 0.2) is 0 Å². The highest BCUT2D eigenvalue weighted by Gasteiger charge is 2.10. The van der Waals surface area contributed by atoms with Gasteiger partial charge in [-0.1, -0.05) is 0 Å². The van der Waals surface area contributed by atoms with Gasteiger partial charge < -0.3 is 20.9 Å². The Labute approximate surface area is 114 Å². The molecule has 19 heavy (non-hydrogen) atoms. The molecule has 2 aromatic heterocycles. The summed E-state index contributed by atoms with van der Waals surface area (Å²) in [4.78, 5) is 11.8. The molecule has 0 bridgehead atoms. The van der Waals surface area contributed by atoms with Gasteiger partial charge in [-0.3, -0.25) is 0 Å². The van der Waals surface area contributed by atoms with Crippen molar-refractivity contribution in [2.75, 3.05) is 24.2 Å². The third kappa shape index (κ3) is 3.76. The van der Waals surface area contributed by atoms with Gasteiger partial charge in [-0.05, 0) is 29.3 Å². The van der Waals surface area contributed by atoms with Crippen LogP contribution in [0.3, 0.4) is 0 Å². The standard InChI is InChI=1S/C11H15N5O2S/c1-2-18-11-15-9(12)14-10(16-11)13-5-8(17)7-3-4-19-6-7/h3-4,6,8,17H,2,5H2,1H3,(H3,12,13,14,15,16). The van der Waals surface area contributed by atoms with Crippen LogP contribution in [0.5, 0.6) is 6.01 Å². The molecule has 0 fully saturated rings. The summed E-state index contributed by atoms with van der Waals surface area (Å²) in [6.45, 7) is 2.56. The first kappa shape index (κ1) is 13.5. The zero-order valence-electron chi connectivity index (χ0n) is 10.4. The number of aliphatic hydroxyl groups excluding tert-OH is 1. The Morgan fingerprint density at radius 3 is 3.00 bits per heavy atom. The number of hydrogen-bond acceptors (Lipinski definition) is 8. The molecular formula is C11H15N5O2S. The number of nitrogens with two attached hydrogens (primary N) is 1. The first-order valence-corrected chi connectivity index (χ1v) is 6.71. The molecule has 0 aromatic carbocycles. The molecule has 1 atom stereocenters. The van der Waals surface area contributed by atoms with Crippen molar-refractivity contribution < 1.29 is 9.84 Å². The van der Waals surface area contributed by atoms with E-state index in [-0.39, 0.29) is 24.5 Å². The van der Waals surface area contributed by atoms with Crippen LogP contribution in [0.1, 0.15) is 18.6 Å². The van der Waals surface area contributed by atoms with Gasteiger partial charge in [0.05, 0.1) is 12.7 Å². The average Bonchev–Trinajstić information content (AvgIpc) is 2.89. The van der Waals surface area contributed by atoms with E-state index in [1.54, 1.807) is 0 Å². The summed E-state index contributed by atoms with van der Waals surface area (Å²) < 4.78 is 5.16. The fourth-order valence-electron chi connectivity index (χ4n) is 1.42. The highest BCUT2D eigenvalue weighted by atomic mass is 32.1. The largest absolute Gasteiger partial charge is 0.464 e. The predicted molar refractivity (Wildman–Crippen MR) is 73.2 cm³/mol. The molecule has 102 valence electrons. The van der Waals surface area contributed by atoms with Gasteiger partial charge in [0.1, 0.15) is 0 Å². The number of rotatable bonds is 6. The Hall–Kier alpha value is -1.93. The van der Waals surface area contributed by atoms with Crippen molar-refractivity contribution in [2.24, 2.45) is 0 Å². The lowest BCUT2D eigenvalue weighted by atomic mass is 10.2. The molecular weight excluding hydrogens is 266 g/mol. The number of anilines is 2.